The number of hydrogen-bond donors (Lipinski definition) is 1. The van der Waals surface area contributed by atoms with Gasteiger partial charge in [-0.1, -0.05) is 12.8 Å². The molecule has 5 nitrogen and oxygen atoms in total. The molecule has 2 atom stereocenters. The van der Waals surface area contributed by atoms with Crippen LogP contribution in [0, 0.1) is 0 Å². The highest BCUT2D eigenvalue weighted by Gasteiger charge is 2.39. The summed E-state index contributed by atoms with van der Waals surface area (Å²) in [5.41, 5.74) is 0. The second kappa shape index (κ2) is 5.65. The van der Waals surface area contributed by atoms with Crippen molar-refractivity contribution in [2.45, 2.75) is 44.2 Å². The topological polar surface area (TPSA) is 66.8 Å². The predicted molar refractivity (Wildman–Crippen MR) is 64.2 cm³/mol. The lowest BCUT2D eigenvalue weighted by Crippen LogP contribution is -2.55. The summed E-state index contributed by atoms with van der Waals surface area (Å²) in [4.78, 5) is 0. The monoisotopic (exact) mass is 263 g/mol. The van der Waals surface area contributed by atoms with E-state index in [0.29, 0.717) is 19.6 Å². The van der Waals surface area contributed by atoms with Crippen molar-refractivity contribution in [3.63, 3.8) is 0 Å². The van der Waals surface area contributed by atoms with Crippen molar-refractivity contribution in [3.05, 3.63) is 0 Å². The fraction of sp³-hybridized carbons (Fsp3) is 1.00. The van der Waals surface area contributed by atoms with E-state index in [9.17, 15) is 8.42 Å². The van der Waals surface area contributed by atoms with E-state index in [0.717, 1.165) is 25.7 Å². The summed E-state index contributed by atoms with van der Waals surface area (Å²) in [6.45, 7) is 0.895. The van der Waals surface area contributed by atoms with Crippen molar-refractivity contribution < 1.29 is 18.3 Å². The first-order valence-corrected chi connectivity index (χ1v) is 7.98. The lowest BCUT2D eigenvalue weighted by atomic mass is 9.91. The number of rotatable bonds is 4. The van der Waals surface area contributed by atoms with Gasteiger partial charge in [-0.3, -0.25) is 0 Å². The zero-order chi connectivity index (χ0) is 12.3. The molecule has 1 saturated heterocycles. The van der Waals surface area contributed by atoms with E-state index in [2.05, 4.69) is 0 Å². The summed E-state index contributed by atoms with van der Waals surface area (Å²) in [6, 6.07) is 0.0289. The van der Waals surface area contributed by atoms with E-state index < -0.39 is 10.0 Å². The maximum Gasteiger partial charge on any atom is 0.214 e. The van der Waals surface area contributed by atoms with E-state index in [1.807, 2.05) is 0 Å². The Bertz CT molecular complexity index is 341. The van der Waals surface area contributed by atoms with Gasteiger partial charge >= 0.3 is 0 Å². The molecule has 0 bridgehead atoms. The molecule has 2 rings (SSSR count). The van der Waals surface area contributed by atoms with E-state index in [4.69, 9.17) is 9.84 Å². The molecule has 100 valence electrons. The molecule has 1 N–H and O–H groups in total. The Hall–Kier alpha value is -0.170. The molecular weight excluding hydrogens is 242 g/mol. The van der Waals surface area contributed by atoms with E-state index in [-0.39, 0.29) is 24.5 Å². The van der Waals surface area contributed by atoms with Crippen molar-refractivity contribution in [2.24, 2.45) is 0 Å². The lowest BCUT2D eigenvalue weighted by molar-refractivity contribution is -0.0586. The Labute approximate surface area is 103 Å². The highest BCUT2D eigenvalue weighted by Crippen LogP contribution is 2.30. The lowest BCUT2D eigenvalue weighted by Gasteiger charge is -2.42. The Morgan fingerprint density at radius 1 is 1.29 bits per heavy atom. The first kappa shape index (κ1) is 13.3. The fourth-order valence-electron chi connectivity index (χ4n) is 2.77. The van der Waals surface area contributed by atoms with Crippen molar-refractivity contribution in [1.29, 1.82) is 0 Å². The number of aliphatic hydroxyl groups excluding tert-OH is 1. The number of aliphatic hydroxyl groups is 1. The van der Waals surface area contributed by atoms with Gasteiger partial charge in [0.1, 0.15) is 0 Å². The van der Waals surface area contributed by atoms with Gasteiger partial charge < -0.3 is 9.84 Å². The largest absolute Gasteiger partial charge is 0.396 e. The third kappa shape index (κ3) is 2.99. The molecule has 2 unspecified atom stereocenters. The van der Waals surface area contributed by atoms with Gasteiger partial charge in [0.05, 0.1) is 24.5 Å². The van der Waals surface area contributed by atoms with Crippen LogP contribution in [0.5, 0.6) is 0 Å². The van der Waals surface area contributed by atoms with Gasteiger partial charge in [0, 0.05) is 13.2 Å². The number of nitrogens with zero attached hydrogens (tertiary/aromatic N) is 1. The molecule has 2 fully saturated rings. The Morgan fingerprint density at radius 2 is 2.06 bits per heavy atom. The van der Waals surface area contributed by atoms with Crippen LogP contribution < -0.4 is 0 Å². The van der Waals surface area contributed by atoms with Crippen LogP contribution >= 0.6 is 0 Å². The second-order valence-corrected chi connectivity index (χ2v) is 6.81. The third-order valence-corrected chi connectivity index (χ3v) is 5.57. The maximum absolute atomic E-state index is 12.2. The van der Waals surface area contributed by atoms with Crippen LogP contribution in [0.1, 0.15) is 32.1 Å². The van der Waals surface area contributed by atoms with Gasteiger partial charge in [0.25, 0.3) is 0 Å². The Kier molecular flexibility index (Phi) is 4.41. The van der Waals surface area contributed by atoms with Gasteiger partial charge in [0.15, 0.2) is 0 Å². The van der Waals surface area contributed by atoms with E-state index in [1.165, 1.54) is 0 Å². The average Bonchev–Trinajstić information content (AvgIpc) is 2.36. The molecule has 0 aromatic rings. The first-order chi connectivity index (χ1) is 8.15. The van der Waals surface area contributed by atoms with Crippen LogP contribution in [-0.4, -0.2) is 55.5 Å². The standard InChI is InChI=1S/C11H21NO4S/c13-7-3-9-17(14,15)12-6-8-16-11-5-2-1-4-10(11)12/h10-11,13H,1-9H2. The van der Waals surface area contributed by atoms with Crippen LogP contribution in [0.15, 0.2) is 0 Å². The molecule has 6 heteroatoms. The quantitative estimate of drug-likeness (QED) is 0.794. The molecule has 1 saturated carbocycles. The van der Waals surface area contributed by atoms with Gasteiger partial charge in [-0.25, -0.2) is 8.42 Å². The van der Waals surface area contributed by atoms with Gasteiger partial charge in [-0.15, -0.1) is 0 Å². The molecule has 17 heavy (non-hydrogen) atoms. The normalized spacial score (nSPS) is 31.1. The molecule has 1 aliphatic carbocycles. The summed E-state index contributed by atoms with van der Waals surface area (Å²) in [5.74, 6) is 0.0483. The fourth-order valence-corrected chi connectivity index (χ4v) is 4.51. The van der Waals surface area contributed by atoms with Crippen LogP contribution in [0.3, 0.4) is 0 Å². The molecular formula is C11H21NO4S. The van der Waals surface area contributed by atoms with Crippen molar-refractivity contribution >= 4 is 10.0 Å². The van der Waals surface area contributed by atoms with Crippen LogP contribution in [0.2, 0.25) is 0 Å². The minimum Gasteiger partial charge on any atom is -0.396 e. The predicted octanol–water partition coefficient (Wildman–Crippen LogP) is 0.342. The summed E-state index contributed by atoms with van der Waals surface area (Å²) < 4.78 is 31.6. The SMILES string of the molecule is O=S(=O)(CCCO)N1CCOC2CCCCC21. The Morgan fingerprint density at radius 3 is 2.82 bits per heavy atom. The minimum atomic E-state index is -3.22. The van der Waals surface area contributed by atoms with Crippen molar-refractivity contribution in [3.8, 4) is 0 Å². The maximum atomic E-state index is 12.2. The first-order valence-electron chi connectivity index (χ1n) is 6.37. The van der Waals surface area contributed by atoms with Gasteiger partial charge in [0.2, 0.25) is 10.0 Å². The van der Waals surface area contributed by atoms with Crippen LogP contribution in [0.4, 0.5) is 0 Å². The van der Waals surface area contributed by atoms with E-state index in [1.54, 1.807) is 4.31 Å². The molecule has 1 heterocycles. The van der Waals surface area contributed by atoms with Gasteiger partial charge in [-0.05, 0) is 19.3 Å². The average molecular weight is 263 g/mol. The summed E-state index contributed by atoms with van der Waals surface area (Å²) in [5, 5.41) is 8.75. The molecule has 0 radical (unpaired) electrons. The summed E-state index contributed by atoms with van der Waals surface area (Å²) in [7, 11) is -3.22. The molecule has 0 amide bonds. The van der Waals surface area contributed by atoms with Crippen LogP contribution in [-0.2, 0) is 14.8 Å². The highest BCUT2D eigenvalue weighted by atomic mass is 32.2. The van der Waals surface area contributed by atoms with Crippen molar-refractivity contribution in [1.82, 2.24) is 4.31 Å². The summed E-state index contributed by atoms with van der Waals surface area (Å²) in [6.07, 6.45) is 4.49. The highest BCUT2D eigenvalue weighted by molar-refractivity contribution is 7.89. The molecule has 0 aromatic carbocycles. The summed E-state index contributed by atoms with van der Waals surface area (Å²) >= 11 is 0. The molecule has 0 spiro atoms. The zero-order valence-electron chi connectivity index (χ0n) is 10.0. The second-order valence-electron chi connectivity index (χ2n) is 4.76. The van der Waals surface area contributed by atoms with Crippen LogP contribution in [0.25, 0.3) is 0 Å². The molecule has 0 aromatic heterocycles. The molecule has 2 aliphatic rings. The van der Waals surface area contributed by atoms with Gasteiger partial charge in [-0.2, -0.15) is 4.31 Å². The van der Waals surface area contributed by atoms with Crippen molar-refractivity contribution in [2.75, 3.05) is 25.5 Å². The number of hydrogen-bond acceptors (Lipinski definition) is 4. The molecule has 1 aliphatic heterocycles. The number of morpholine rings is 1. The Balaban J connectivity index is 2.07. The van der Waals surface area contributed by atoms with E-state index >= 15 is 0 Å². The number of fused-ring (bicyclic) bond motifs is 1. The number of ether oxygens (including phenoxy) is 1. The smallest absolute Gasteiger partial charge is 0.214 e. The third-order valence-electron chi connectivity index (χ3n) is 3.60. The minimum absolute atomic E-state index is 0.0289. The zero-order valence-corrected chi connectivity index (χ0v) is 10.9. The number of sulfonamides is 1.